The largest absolute Gasteiger partial charge is 0.395 e. The molecule has 0 radical (unpaired) electrons. The lowest BCUT2D eigenvalue weighted by atomic mass is 9.68. The van der Waals surface area contributed by atoms with E-state index >= 15 is 0 Å². The van der Waals surface area contributed by atoms with E-state index in [1.165, 1.54) is 0 Å². The maximum absolute atomic E-state index is 11.8. The molecule has 2 N–H and O–H groups in total. The van der Waals surface area contributed by atoms with Gasteiger partial charge in [0.25, 0.3) is 0 Å². The van der Waals surface area contributed by atoms with Crippen molar-refractivity contribution in [1.82, 2.24) is 4.98 Å². The summed E-state index contributed by atoms with van der Waals surface area (Å²) in [6, 6.07) is 5.34. The minimum atomic E-state index is -0.558. The van der Waals surface area contributed by atoms with Crippen LogP contribution in [0.5, 0.6) is 0 Å². The molecule has 1 saturated carbocycles. The molecule has 0 saturated heterocycles. The monoisotopic (exact) mass is 206 g/mol. The van der Waals surface area contributed by atoms with Gasteiger partial charge in [-0.05, 0) is 25.0 Å². The molecule has 0 spiro atoms. The minimum absolute atomic E-state index is 0.0777. The van der Waals surface area contributed by atoms with Crippen molar-refractivity contribution in [3.05, 3.63) is 24.4 Å². The maximum atomic E-state index is 11.8. The number of aliphatic hydroxyl groups is 1. The van der Waals surface area contributed by atoms with Crippen molar-refractivity contribution in [2.75, 3.05) is 11.9 Å². The molecule has 2 rings (SSSR count). The second-order valence-electron chi connectivity index (χ2n) is 3.96. The molecule has 80 valence electrons. The van der Waals surface area contributed by atoms with Crippen LogP contribution in [0.25, 0.3) is 0 Å². The molecular formula is C11H14N2O2. The number of aliphatic hydroxyl groups excluding tert-OH is 1. The maximum Gasteiger partial charge on any atom is 0.234 e. The zero-order valence-corrected chi connectivity index (χ0v) is 8.44. The number of amides is 1. The van der Waals surface area contributed by atoms with Gasteiger partial charge < -0.3 is 10.4 Å². The highest BCUT2D eigenvalue weighted by Crippen LogP contribution is 2.41. The number of hydrogen-bond acceptors (Lipinski definition) is 3. The summed E-state index contributed by atoms with van der Waals surface area (Å²) in [6.45, 7) is -0.0777. The van der Waals surface area contributed by atoms with Crippen LogP contribution in [0.4, 0.5) is 5.82 Å². The van der Waals surface area contributed by atoms with Gasteiger partial charge in [0.2, 0.25) is 5.91 Å². The van der Waals surface area contributed by atoms with Gasteiger partial charge in [-0.25, -0.2) is 4.98 Å². The molecule has 0 bridgehead atoms. The fraction of sp³-hybridized carbons (Fsp3) is 0.455. The third kappa shape index (κ3) is 1.85. The van der Waals surface area contributed by atoms with E-state index in [1.54, 1.807) is 18.3 Å². The van der Waals surface area contributed by atoms with Gasteiger partial charge >= 0.3 is 0 Å². The number of carbonyl (C=O) groups excluding carboxylic acids is 1. The van der Waals surface area contributed by atoms with E-state index in [1.807, 2.05) is 6.07 Å². The topological polar surface area (TPSA) is 62.2 Å². The fourth-order valence-electron chi connectivity index (χ4n) is 1.75. The van der Waals surface area contributed by atoms with Gasteiger partial charge in [-0.3, -0.25) is 4.79 Å². The second kappa shape index (κ2) is 3.98. The Morgan fingerprint density at radius 1 is 1.53 bits per heavy atom. The summed E-state index contributed by atoms with van der Waals surface area (Å²) in [5.74, 6) is 0.428. The van der Waals surface area contributed by atoms with Crippen molar-refractivity contribution < 1.29 is 9.90 Å². The Balaban J connectivity index is 2.04. The summed E-state index contributed by atoms with van der Waals surface area (Å²) < 4.78 is 0. The van der Waals surface area contributed by atoms with Crippen LogP contribution in [0.2, 0.25) is 0 Å². The van der Waals surface area contributed by atoms with Crippen molar-refractivity contribution in [3.8, 4) is 0 Å². The van der Waals surface area contributed by atoms with Gasteiger partial charge in [-0.15, -0.1) is 0 Å². The average molecular weight is 206 g/mol. The normalized spacial score (nSPS) is 17.9. The lowest BCUT2D eigenvalue weighted by Crippen LogP contribution is -2.44. The smallest absolute Gasteiger partial charge is 0.234 e. The molecule has 1 aliphatic carbocycles. The first-order chi connectivity index (χ1) is 7.27. The highest BCUT2D eigenvalue weighted by atomic mass is 16.3. The van der Waals surface area contributed by atoms with Crippen LogP contribution in [0.3, 0.4) is 0 Å². The van der Waals surface area contributed by atoms with Crippen LogP contribution in [-0.4, -0.2) is 22.6 Å². The van der Waals surface area contributed by atoms with Gasteiger partial charge in [-0.1, -0.05) is 12.5 Å². The first-order valence-corrected chi connectivity index (χ1v) is 5.10. The molecule has 0 aromatic carbocycles. The fourth-order valence-corrected chi connectivity index (χ4v) is 1.75. The van der Waals surface area contributed by atoms with Crippen molar-refractivity contribution in [2.45, 2.75) is 19.3 Å². The van der Waals surface area contributed by atoms with Crippen LogP contribution in [-0.2, 0) is 4.79 Å². The number of hydrogen-bond donors (Lipinski definition) is 2. The molecule has 0 aliphatic heterocycles. The summed E-state index contributed by atoms with van der Waals surface area (Å²) in [6.07, 6.45) is 4.17. The van der Waals surface area contributed by atoms with E-state index in [4.69, 9.17) is 0 Å². The Bertz CT molecular complexity index is 341. The highest BCUT2D eigenvalue weighted by Gasteiger charge is 2.43. The van der Waals surface area contributed by atoms with E-state index in [0.717, 1.165) is 19.3 Å². The Kier molecular flexibility index (Phi) is 2.68. The molecule has 1 heterocycles. The Morgan fingerprint density at radius 2 is 2.33 bits per heavy atom. The molecule has 0 unspecified atom stereocenters. The van der Waals surface area contributed by atoms with Crippen molar-refractivity contribution in [2.24, 2.45) is 5.41 Å². The lowest BCUT2D eigenvalue weighted by Gasteiger charge is -2.38. The van der Waals surface area contributed by atoms with E-state index in [0.29, 0.717) is 5.82 Å². The lowest BCUT2D eigenvalue weighted by molar-refractivity contribution is -0.133. The van der Waals surface area contributed by atoms with Gasteiger partial charge in [0.15, 0.2) is 0 Å². The Labute approximate surface area is 88.3 Å². The molecular weight excluding hydrogens is 192 g/mol. The number of carbonyl (C=O) groups is 1. The molecule has 1 aromatic rings. The summed E-state index contributed by atoms with van der Waals surface area (Å²) in [7, 11) is 0. The number of anilines is 1. The van der Waals surface area contributed by atoms with E-state index in [2.05, 4.69) is 10.3 Å². The number of aromatic nitrogens is 1. The van der Waals surface area contributed by atoms with Crippen LogP contribution in [0, 0.1) is 5.41 Å². The van der Waals surface area contributed by atoms with Crippen LogP contribution < -0.4 is 5.32 Å². The number of nitrogens with one attached hydrogen (secondary N) is 1. The number of pyridine rings is 1. The predicted octanol–water partition coefficient (Wildman–Crippen LogP) is 1.18. The first kappa shape index (κ1) is 10.1. The third-order valence-electron chi connectivity index (χ3n) is 3.00. The van der Waals surface area contributed by atoms with Gasteiger partial charge in [-0.2, -0.15) is 0 Å². The van der Waals surface area contributed by atoms with Gasteiger partial charge in [0.1, 0.15) is 5.82 Å². The van der Waals surface area contributed by atoms with Crippen LogP contribution >= 0.6 is 0 Å². The molecule has 1 aromatic heterocycles. The molecule has 1 fully saturated rings. The predicted molar refractivity (Wildman–Crippen MR) is 56.2 cm³/mol. The SMILES string of the molecule is O=C(Nc1ccccn1)C1(CO)CCC1. The molecule has 4 nitrogen and oxygen atoms in total. The second-order valence-corrected chi connectivity index (χ2v) is 3.96. The summed E-state index contributed by atoms with van der Waals surface area (Å²) >= 11 is 0. The summed E-state index contributed by atoms with van der Waals surface area (Å²) in [5, 5.41) is 11.9. The third-order valence-corrected chi connectivity index (χ3v) is 3.00. The zero-order valence-electron chi connectivity index (χ0n) is 8.44. The molecule has 1 amide bonds. The van der Waals surface area contributed by atoms with E-state index in [9.17, 15) is 9.90 Å². The van der Waals surface area contributed by atoms with Gasteiger partial charge in [0, 0.05) is 6.20 Å². The molecule has 1 aliphatic rings. The van der Waals surface area contributed by atoms with Gasteiger partial charge in [0.05, 0.1) is 12.0 Å². The molecule has 0 atom stereocenters. The number of rotatable bonds is 3. The van der Waals surface area contributed by atoms with Crippen molar-refractivity contribution in [3.63, 3.8) is 0 Å². The van der Waals surface area contributed by atoms with Crippen LogP contribution in [0.15, 0.2) is 24.4 Å². The quantitative estimate of drug-likeness (QED) is 0.780. The summed E-state index contributed by atoms with van der Waals surface area (Å²) in [5.41, 5.74) is -0.558. The van der Waals surface area contributed by atoms with E-state index < -0.39 is 5.41 Å². The first-order valence-electron chi connectivity index (χ1n) is 5.10. The molecule has 4 heteroatoms. The Hall–Kier alpha value is -1.42. The van der Waals surface area contributed by atoms with Crippen molar-refractivity contribution in [1.29, 1.82) is 0 Å². The zero-order chi connectivity index (χ0) is 10.7. The standard InChI is InChI=1S/C11H14N2O2/c14-8-11(5-3-6-11)10(15)13-9-4-1-2-7-12-9/h1-2,4,7,14H,3,5-6,8H2,(H,12,13,15). The summed E-state index contributed by atoms with van der Waals surface area (Å²) in [4.78, 5) is 15.8. The average Bonchev–Trinajstić information content (AvgIpc) is 2.18. The van der Waals surface area contributed by atoms with E-state index in [-0.39, 0.29) is 12.5 Å². The minimum Gasteiger partial charge on any atom is -0.395 e. The highest BCUT2D eigenvalue weighted by molar-refractivity contribution is 5.95. The number of nitrogens with zero attached hydrogens (tertiary/aromatic N) is 1. The molecule has 15 heavy (non-hydrogen) atoms. The van der Waals surface area contributed by atoms with Crippen molar-refractivity contribution >= 4 is 11.7 Å². The Morgan fingerprint density at radius 3 is 2.80 bits per heavy atom. The van der Waals surface area contributed by atoms with Crippen LogP contribution in [0.1, 0.15) is 19.3 Å².